The van der Waals surface area contributed by atoms with Crippen LogP contribution in [0.1, 0.15) is 12.0 Å². The second-order valence-corrected chi connectivity index (χ2v) is 6.67. The third kappa shape index (κ3) is 2.31. The summed E-state index contributed by atoms with van der Waals surface area (Å²) in [6, 6.07) is 8.66. The molecule has 1 aromatic carbocycles. The Morgan fingerprint density at radius 3 is 2.65 bits per heavy atom. The fraction of sp³-hybridized carbons (Fsp3) is 0.444. The second-order valence-electron chi connectivity index (χ2n) is 6.67. The minimum absolute atomic E-state index is 0.0341. The first-order valence-electron chi connectivity index (χ1n) is 8.03. The average molecular weight is 313 g/mol. The number of allylic oxidation sites excluding steroid dienone is 2. The topological polar surface area (TPSA) is 66.8 Å². The van der Waals surface area contributed by atoms with Crippen molar-refractivity contribution in [2.75, 3.05) is 6.54 Å². The van der Waals surface area contributed by atoms with Gasteiger partial charge < -0.3 is 9.84 Å². The molecule has 4 rings (SSSR count). The largest absolute Gasteiger partial charge is 0.480 e. The number of hydrogen-bond acceptors (Lipinski definition) is 3. The second kappa shape index (κ2) is 5.41. The van der Waals surface area contributed by atoms with Gasteiger partial charge in [0, 0.05) is 12.5 Å². The molecule has 2 fully saturated rings. The summed E-state index contributed by atoms with van der Waals surface area (Å²) in [7, 11) is 0. The molecule has 2 aliphatic carbocycles. The highest BCUT2D eigenvalue weighted by atomic mass is 16.6. The summed E-state index contributed by atoms with van der Waals surface area (Å²) in [5.74, 6) is 0.0778. The van der Waals surface area contributed by atoms with Crippen molar-refractivity contribution in [3.63, 3.8) is 0 Å². The van der Waals surface area contributed by atoms with E-state index in [-0.39, 0.29) is 24.4 Å². The number of benzene rings is 1. The lowest BCUT2D eigenvalue weighted by Gasteiger charge is -2.26. The van der Waals surface area contributed by atoms with Crippen LogP contribution < -0.4 is 0 Å². The molecule has 0 aromatic heterocycles. The van der Waals surface area contributed by atoms with Crippen LogP contribution in [0.15, 0.2) is 42.5 Å². The summed E-state index contributed by atoms with van der Waals surface area (Å²) in [4.78, 5) is 25.6. The van der Waals surface area contributed by atoms with Crippen LogP contribution in [0, 0.1) is 23.7 Å². The molecule has 120 valence electrons. The molecule has 5 nitrogen and oxygen atoms in total. The Labute approximate surface area is 134 Å². The highest BCUT2D eigenvalue weighted by Gasteiger charge is 2.58. The number of ether oxygens (including phenoxy) is 1. The van der Waals surface area contributed by atoms with E-state index in [1.54, 1.807) is 0 Å². The van der Waals surface area contributed by atoms with Gasteiger partial charge in [-0.3, -0.25) is 4.90 Å². The van der Waals surface area contributed by atoms with Crippen molar-refractivity contribution in [2.45, 2.75) is 19.1 Å². The maximum atomic E-state index is 12.4. The molecule has 0 spiro atoms. The van der Waals surface area contributed by atoms with Crippen LogP contribution >= 0.6 is 0 Å². The van der Waals surface area contributed by atoms with Gasteiger partial charge in [-0.15, -0.1) is 0 Å². The Morgan fingerprint density at radius 1 is 1.17 bits per heavy atom. The van der Waals surface area contributed by atoms with Gasteiger partial charge in [0.2, 0.25) is 0 Å². The highest BCUT2D eigenvalue weighted by Crippen LogP contribution is 2.54. The molecule has 0 radical (unpaired) electrons. The molecule has 5 atom stereocenters. The van der Waals surface area contributed by atoms with Crippen molar-refractivity contribution in [1.29, 1.82) is 0 Å². The maximum absolute atomic E-state index is 12.4. The number of rotatable bonds is 3. The highest BCUT2D eigenvalue weighted by molar-refractivity contribution is 5.81. The molecule has 1 aromatic rings. The van der Waals surface area contributed by atoms with Crippen LogP contribution in [0.4, 0.5) is 4.79 Å². The van der Waals surface area contributed by atoms with Crippen LogP contribution in [-0.2, 0) is 16.1 Å². The van der Waals surface area contributed by atoms with Gasteiger partial charge >= 0.3 is 12.1 Å². The number of carboxylic acids is 1. The summed E-state index contributed by atoms with van der Waals surface area (Å²) in [6.45, 7) is 0.656. The van der Waals surface area contributed by atoms with E-state index in [0.717, 1.165) is 12.0 Å². The van der Waals surface area contributed by atoms with Gasteiger partial charge in [-0.05, 0) is 29.7 Å². The number of likely N-dealkylation sites (tertiary alicyclic amines) is 1. The average Bonchev–Trinajstić information content (AvgIpc) is 3.24. The first kappa shape index (κ1) is 14.3. The Balaban J connectivity index is 1.48. The quantitative estimate of drug-likeness (QED) is 0.871. The van der Waals surface area contributed by atoms with Gasteiger partial charge in [-0.1, -0.05) is 42.5 Å². The van der Waals surface area contributed by atoms with E-state index in [2.05, 4.69) is 12.2 Å². The number of fused-ring (bicyclic) bond motifs is 5. The molecule has 1 saturated carbocycles. The van der Waals surface area contributed by atoms with Crippen molar-refractivity contribution < 1.29 is 19.4 Å². The first-order valence-corrected chi connectivity index (χ1v) is 8.03. The van der Waals surface area contributed by atoms with E-state index in [9.17, 15) is 14.7 Å². The molecule has 23 heavy (non-hydrogen) atoms. The number of carbonyl (C=O) groups is 2. The van der Waals surface area contributed by atoms with Crippen LogP contribution in [-0.4, -0.2) is 34.7 Å². The zero-order valence-electron chi connectivity index (χ0n) is 12.7. The van der Waals surface area contributed by atoms with Crippen LogP contribution in [0.2, 0.25) is 0 Å². The zero-order valence-corrected chi connectivity index (χ0v) is 12.7. The van der Waals surface area contributed by atoms with E-state index in [1.165, 1.54) is 4.90 Å². The Morgan fingerprint density at radius 2 is 1.91 bits per heavy atom. The fourth-order valence-corrected chi connectivity index (χ4v) is 4.52. The molecular weight excluding hydrogens is 294 g/mol. The predicted molar refractivity (Wildman–Crippen MR) is 82.5 cm³/mol. The molecular formula is C18H19NO4. The number of hydrogen-bond donors (Lipinski definition) is 1. The first-order chi connectivity index (χ1) is 11.1. The number of aliphatic carboxylic acids is 1. The summed E-state index contributed by atoms with van der Waals surface area (Å²) < 4.78 is 5.35. The summed E-state index contributed by atoms with van der Waals surface area (Å²) >= 11 is 0. The molecule has 1 N–H and O–H groups in total. The molecule has 1 heterocycles. The Kier molecular flexibility index (Phi) is 3.36. The molecule has 5 heteroatoms. The lowest BCUT2D eigenvalue weighted by atomic mass is 9.82. The van der Waals surface area contributed by atoms with E-state index in [0.29, 0.717) is 12.5 Å². The van der Waals surface area contributed by atoms with Crippen molar-refractivity contribution in [1.82, 2.24) is 4.90 Å². The van der Waals surface area contributed by atoms with E-state index in [4.69, 9.17) is 4.74 Å². The normalized spacial score (nSPS) is 33.7. The van der Waals surface area contributed by atoms with Gasteiger partial charge in [0.1, 0.15) is 12.6 Å². The number of nitrogens with zero attached hydrogens (tertiary/aromatic N) is 1. The smallest absolute Gasteiger partial charge is 0.410 e. The monoisotopic (exact) mass is 313 g/mol. The van der Waals surface area contributed by atoms with E-state index >= 15 is 0 Å². The van der Waals surface area contributed by atoms with Gasteiger partial charge in [-0.25, -0.2) is 9.59 Å². The minimum atomic E-state index is -0.921. The lowest BCUT2D eigenvalue weighted by molar-refractivity contribution is -0.143. The van der Waals surface area contributed by atoms with Crippen molar-refractivity contribution in [3.05, 3.63) is 48.0 Å². The third-order valence-corrected chi connectivity index (χ3v) is 5.49. The molecule has 1 amide bonds. The fourth-order valence-electron chi connectivity index (χ4n) is 4.52. The summed E-state index contributed by atoms with van der Waals surface area (Å²) in [6.07, 6.45) is 4.82. The van der Waals surface area contributed by atoms with Crippen molar-refractivity contribution >= 4 is 12.1 Å². The Hall–Kier alpha value is -2.30. The van der Waals surface area contributed by atoms with E-state index in [1.807, 2.05) is 30.3 Å². The van der Waals surface area contributed by atoms with Crippen LogP contribution in [0.25, 0.3) is 0 Å². The summed E-state index contributed by atoms with van der Waals surface area (Å²) in [5, 5.41) is 9.62. The van der Waals surface area contributed by atoms with Crippen molar-refractivity contribution in [3.8, 4) is 0 Å². The number of carbonyl (C=O) groups excluding carboxylic acids is 1. The Bertz CT molecular complexity index is 656. The van der Waals surface area contributed by atoms with Gasteiger partial charge in [0.15, 0.2) is 0 Å². The molecule has 0 unspecified atom stereocenters. The lowest BCUT2D eigenvalue weighted by Crippen LogP contribution is -2.44. The van der Waals surface area contributed by atoms with Crippen LogP contribution in [0.5, 0.6) is 0 Å². The number of amides is 1. The minimum Gasteiger partial charge on any atom is -0.480 e. The maximum Gasteiger partial charge on any atom is 0.410 e. The van der Waals surface area contributed by atoms with Gasteiger partial charge in [-0.2, -0.15) is 0 Å². The number of carboxylic acid groups (broad SMARTS) is 1. The van der Waals surface area contributed by atoms with Gasteiger partial charge in [0.05, 0.1) is 0 Å². The predicted octanol–water partition coefficient (Wildman–Crippen LogP) is 2.53. The molecule has 1 aliphatic heterocycles. The van der Waals surface area contributed by atoms with Gasteiger partial charge in [0.25, 0.3) is 0 Å². The standard InChI is InChI=1S/C18H19NO4/c20-17(21)16-15-13-7-6-12(8-13)14(15)9-19(16)18(22)23-10-11-4-2-1-3-5-11/h1-7,12-16H,8-10H2,(H,20,21)/t12-,13+,14-,15+,16+/m1/s1. The van der Waals surface area contributed by atoms with E-state index < -0.39 is 18.1 Å². The zero-order chi connectivity index (χ0) is 16.0. The SMILES string of the molecule is O=C(O)[C@@H]1[C@@H]2[C@H](CN1C(=O)OCc1ccccc1)[C@@H]1C=C[C@H]2C1. The molecule has 2 bridgehead atoms. The third-order valence-electron chi connectivity index (χ3n) is 5.49. The summed E-state index contributed by atoms with van der Waals surface area (Å²) in [5.41, 5.74) is 0.897. The van der Waals surface area contributed by atoms with Crippen LogP contribution in [0.3, 0.4) is 0 Å². The molecule has 3 aliphatic rings. The molecule has 1 saturated heterocycles. The van der Waals surface area contributed by atoms with Crippen molar-refractivity contribution in [2.24, 2.45) is 23.7 Å².